The summed E-state index contributed by atoms with van der Waals surface area (Å²) in [5.41, 5.74) is -6.25. The summed E-state index contributed by atoms with van der Waals surface area (Å²) in [6.45, 7) is 4.14. The summed E-state index contributed by atoms with van der Waals surface area (Å²) >= 11 is 0. The van der Waals surface area contributed by atoms with Gasteiger partial charge in [0, 0.05) is 30.0 Å². The molecule has 19 heteroatoms. The van der Waals surface area contributed by atoms with Gasteiger partial charge in [-0.3, -0.25) is 24.0 Å². The number of nitrogens with one attached hydrogen (secondary N) is 3. The maximum absolute atomic E-state index is 15.8. The van der Waals surface area contributed by atoms with Gasteiger partial charge in [-0.25, -0.2) is 26.8 Å². The molecule has 0 spiro atoms. The molecule has 0 aromatic rings. The van der Waals surface area contributed by atoms with Crippen LogP contribution in [0.5, 0.6) is 0 Å². The van der Waals surface area contributed by atoms with E-state index in [4.69, 9.17) is 0 Å². The van der Waals surface area contributed by atoms with Gasteiger partial charge in [-0.15, -0.1) is 0 Å². The summed E-state index contributed by atoms with van der Waals surface area (Å²) in [4.78, 5) is 67.7. The van der Waals surface area contributed by atoms with Crippen LogP contribution in [0.1, 0.15) is 79.1 Å². The number of allylic oxidation sites excluding steroid dienone is 2. The molecule has 3 fully saturated rings. The molecular formula is C36H47F5N4O9S. The van der Waals surface area contributed by atoms with E-state index in [9.17, 15) is 55.1 Å². The fraction of sp³-hybridized carbons (Fsp3) is 0.694. The highest BCUT2D eigenvalue weighted by molar-refractivity contribution is 7.91. The van der Waals surface area contributed by atoms with Gasteiger partial charge >= 0.3 is 18.2 Å². The van der Waals surface area contributed by atoms with E-state index in [0.29, 0.717) is 38.7 Å². The van der Waals surface area contributed by atoms with Gasteiger partial charge in [0.2, 0.25) is 21.5 Å². The van der Waals surface area contributed by atoms with Crippen LogP contribution in [0.15, 0.2) is 35.2 Å². The fourth-order valence-electron chi connectivity index (χ4n) is 7.75. The number of ether oxygens (including phenoxy) is 1. The average Bonchev–Trinajstić information content (AvgIpc) is 3.97. The first-order valence-electron chi connectivity index (χ1n) is 18.3. The van der Waals surface area contributed by atoms with Gasteiger partial charge in [0.1, 0.15) is 28.8 Å². The number of halogens is 5. The van der Waals surface area contributed by atoms with Crippen LogP contribution in [0, 0.1) is 23.7 Å². The number of rotatable bonds is 8. The molecule has 5 rings (SSSR count). The van der Waals surface area contributed by atoms with E-state index < -0.39 is 109 Å². The number of sulfonamides is 1. The van der Waals surface area contributed by atoms with Crippen molar-refractivity contribution in [2.45, 2.75) is 113 Å². The molecule has 1 saturated heterocycles. The molecule has 5 aliphatic rings. The Bertz CT molecular complexity index is 1810. The Balaban J connectivity index is 1.47. The molecule has 2 aliphatic heterocycles. The molecule has 2 saturated carbocycles. The number of ketones is 1. The van der Waals surface area contributed by atoms with E-state index in [0.717, 1.165) is 12.8 Å². The van der Waals surface area contributed by atoms with Crippen LogP contribution < -0.4 is 15.4 Å². The number of hydrogen-bond acceptors (Lipinski definition) is 9. The zero-order chi connectivity index (χ0) is 40.9. The van der Waals surface area contributed by atoms with E-state index in [1.165, 1.54) is 0 Å². The lowest BCUT2D eigenvalue weighted by molar-refractivity contribution is -0.244. The van der Waals surface area contributed by atoms with Crippen molar-refractivity contribution in [2.24, 2.45) is 23.7 Å². The highest BCUT2D eigenvalue weighted by Gasteiger charge is 2.64. The molecule has 55 heavy (non-hydrogen) atoms. The third kappa shape index (κ3) is 8.61. The summed E-state index contributed by atoms with van der Waals surface area (Å²) < 4.78 is 101. The number of hydrogen-bond donors (Lipinski definition) is 4. The Morgan fingerprint density at radius 2 is 1.75 bits per heavy atom. The zero-order valence-electron chi connectivity index (χ0n) is 30.9. The first-order valence-corrected chi connectivity index (χ1v) is 19.8. The Labute approximate surface area is 315 Å². The van der Waals surface area contributed by atoms with Gasteiger partial charge < -0.3 is 20.5 Å². The van der Waals surface area contributed by atoms with Gasteiger partial charge in [-0.05, 0) is 83.6 Å². The van der Waals surface area contributed by atoms with E-state index in [-0.39, 0.29) is 44.7 Å². The third-order valence-corrected chi connectivity index (χ3v) is 13.7. The van der Waals surface area contributed by atoms with Crippen LogP contribution >= 0.6 is 0 Å². The Hall–Kier alpha value is -3.87. The summed E-state index contributed by atoms with van der Waals surface area (Å²) in [6, 6.07) is -3.26. The van der Waals surface area contributed by atoms with Crippen LogP contribution in [0.4, 0.5) is 26.7 Å². The number of nitrogens with zero attached hydrogens (tertiary/aromatic N) is 1. The molecule has 3 aliphatic carbocycles. The molecule has 306 valence electrons. The number of amides is 3. The number of aliphatic carboxylic acids is 1. The van der Waals surface area contributed by atoms with E-state index in [1.807, 2.05) is 23.0 Å². The Kier molecular flexibility index (Phi) is 11.7. The molecule has 13 nitrogen and oxygen atoms in total. The molecule has 0 radical (unpaired) electrons. The van der Waals surface area contributed by atoms with Crippen molar-refractivity contribution in [1.29, 1.82) is 0 Å². The molecule has 4 N–H and O–H groups in total. The minimum Gasteiger partial charge on any atom is -0.478 e. The largest absolute Gasteiger partial charge is 0.478 e. The average molecular weight is 807 g/mol. The molecule has 7 atom stereocenters. The second-order valence-electron chi connectivity index (χ2n) is 16.2. The standard InChI is InChI=1S/C36H47F5N4O9S/c1-19-7-5-6-8-22-16-35(22,31(50)44-55(52,53)34(18-37)10-11-34)43-29(47)24-14-21(17-45(24)12-9-20(2)13-19)26-23(38)15-25(46)28(27(26)30(48)49)42-32(51)54-33(3,4)36(39,40)41/h6,8,15,19-22,24,28H,5,7,9-14,16-18H2,1-4H3,(H,42,51)(H,43,47)(H,44,50)(H,48,49)/b8-6-/t19-,20+,21+,22-,24+,28-,35-/m1/s1. The molecule has 0 aromatic carbocycles. The summed E-state index contributed by atoms with van der Waals surface area (Å²) in [5, 5.41) is 14.8. The highest BCUT2D eigenvalue weighted by Crippen LogP contribution is 2.48. The van der Waals surface area contributed by atoms with Crippen molar-refractivity contribution in [1.82, 2.24) is 20.3 Å². The predicted molar refractivity (Wildman–Crippen MR) is 186 cm³/mol. The van der Waals surface area contributed by atoms with Crippen molar-refractivity contribution >= 4 is 39.7 Å². The van der Waals surface area contributed by atoms with Crippen LogP contribution in [0.3, 0.4) is 0 Å². The summed E-state index contributed by atoms with van der Waals surface area (Å²) in [5.74, 6) is -7.44. The minimum atomic E-state index is -5.03. The number of carbonyl (C=O) groups is 5. The van der Waals surface area contributed by atoms with Gasteiger partial charge in [0.05, 0.1) is 11.6 Å². The molecule has 2 heterocycles. The quantitative estimate of drug-likeness (QED) is 0.205. The van der Waals surface area contributed by atoms with Crippen molar-refractivity contribution in [2.75, 3.05) is 19.8 Å². The minimum absolute atomic E-state index is 0.0255. The first-order chi connectivity index (χ1) is 25.5. The van der Waals surface area contributed by atoms with Crippen molar-refractivity contribution in [3.05, 3.63) is 35.2 Å². The maximum Gasteiger partial charge on any atom is 0.427 e. The number of carboxylic acids is 1. The number of alkyl halides is 4. The van der Waals surface area contributed by atoms with Crippen molar-refractivity contribution in [3.63, 3.8) is 0 Å². The first kappa shape index (κ1) is 42.3. The second kappa shape index (κ2) is 15.2. The van der Waals surface area contributed by atoms with Crippen LogP contribution in [-0.2, 0) is 33.9 Å². The number of alkyl carbamates (subject to hydrolysis) is 1. The lowest BCUT2D eigenvalue weighted by atomic mass is 9.83. The smallest absolute Gasteiger partial charge is 0.427 e. The second-order valence-corrected chi connectivity index (χ2v) is 18.3. The third-order valence-electron chi connectivity index (χ3n) is 11.6. The Morgan fingerprint density at radius 3 is 2.35 bits per heavy atom. The lowest BCUT2D eigenvalue weighted by Gasteiger charge is -2.30. The SMILES string of the molecule is C[C@@H]1CC/C=C\[C@@H]2C[C@@]2(C(=O)NS(=O)(=O)C2(CF)CC2)NC(=O)[C@@H]2C[C@H](C3=C(C(=O)O)[C@H](NC(=O)OC(C)(C)C(F)(F)F)C(=O)C=C3F)CN2CC[C@H](C)C1. The van der Waals surface area contributed by atoms with E-state index >= 15 is 4.39 Å². The van der Waals surface area contributed by atoms with Crippen molar-refractivity contribution < 1.29 is 64.2 Å². The fourth-order valence-corrected chi connectivity index (χ4v) is 9.17. The van der Waals surface area contributed by atoms with Gasteiger partial charge in [0.25, 0.3) is 5.91 Å². The summed E-state index contributed by atoms with van der Waals surface area (Å²) in [7, 11) is -4.44. The number of carbonyl (C=O) groups excluding carboxylic acids is 4. The van der Waals surface area contributed by atoms with Gasteiger partial charge in [-0.1, -0.05) is 26.0 Å². The molecular weight excluding hydrogens is 759 g/mol. The van der Waals surface area contributed by atoms with E-state index in [1.54, 1.807) is 11.0 Å². The molecule has 0 unspecified atom stereocenters. The predicted octanol–water partition coefficient (Wildman–Crippen LogP) is 4.16. The monoisotopic (exact) mass is 806 g/mol. The normalized spacial score (nSPS) is 32.4. The van der Waals surface area contributed by atoms with Crippen molar-refractivity contribution in [3.8, 4) is 0 Å². The topological polar surface area (TPSA) is 188 Å². The van der Waals surface area contributed by atoms with Gasteiger partial charge in [0.15, 0.2) is 5.78 Å². The molecule has 3 amide bonds. The van der Waals surface area contributed by atoms with Gasteiger partial charge in [-0.2, -0.15) is 13.2 Å². The number of fused-ring (bicyclic) bond motifs is 2. The zero-order valence-corrected chi connectivity index (χ0v) is 31.7. The Morgan fingerprint density at radius 1 is 1.09 bits per heavy atom. The molecule has 0 aromatic heterocycles. The van der Waals surface area contributed by atoms with Crippen LogP contribution in [0.25, 0.3) is 0 Å². The summed E-state index contributed by atoms with van der Waals surface area (Å²) in [6.07, 6.45) is -0.0893. The molecule has 0 bridgehead atoms. The lowest BCUT2D eigenvalue weighted by Crippen LogP contribution is -2.57. The van der Waals surface area contributed by atoms with Crippen LogP contribution in [0.2, 0.25) is 0 Å². The maximum atomic E-state index is 15.8. The highest BCUT2D eigenvalue weighted by atomic mass is 32.2. The number of carboxylic acid groups (broad SMARTS) is 1. The van der Waals surface area contributed by atoms with E-state index in [2.05, 4.69) is 17.0 Å². The van der Waals surface area contributed by atoms with Crippen LogP contribution in [-0.4, -0.2) is 102 Å².